The van der Waals surface area contributed by atoms with E-state index in [9.17, 15) is 9.90 Å². The van der Waals surface area contributed by atoms with E-state index in [2.05, 4.69) is 15.5 Å². The fraction of sp³-hybridized carbons (Fsp3) is 0.400. The topological polar surface area (TPSA) is 80.9 Å². The Morgan fingerprint density at radius 3 is 2.78 bits per heavy atom. The molecule has 0 aromatic carbocycles. The van der Waals surface area contributed by atoms with E-state index in [1.165, 1.54) is 16.0 Å². The van der Waals surface area contributed by atoms with Crippen LogP contribution in [-0.2, 0) is 10.3 Å². The summed E-state index contributed by atoms with van der Waals surface area (Å²) in [6.07, 6.45) is 1.98. The summed E-state index contributed by atoms with van der Waals surface area (Å²) < 4.78 is 2.04. The highest BCUT2D eigenvalue weighted by Crippen LogP contribution is 2.41. The Labute approximate surface area is 111 Å². The van der Waals surface area contributed by atoms with Crippen LogP contribution in [0.25, 0.3) is 10.7 Å². The number of aromatic nitrogens is 4. The summed E-state index contributed by atoms with van der Waals surface area (Å²) in [6.45, 7) is 0. The maximum atomic E-state index is 11.5. The number of hydrogen-bond donors (Lipinski definition) is 1. The molecule has 2 aromatic rings. The number of thiophene rings is 1. The number of nitrogens with zero attached hydrogens (tertiary/aromatic N) is 4. The van der Waals surface area contributed by atoms with Gasteiger partial charge in [-0.3, -0.25) is 0 Å². The highest BCUT2D eigenvalue weighted by Gasteiger charge is 2.49. The number of hydrogen-bond acceptors (Lipinski definition) is 5. The number of rotatable bonds is 3. The van der Waals surface area contributed by atoms with Crippen molar-refractivity contribution in [2.24, 2.45) is 0 Å². The summed E-state index contributed by atoms with van der Waals surface area (Å²) in [5.74, 6) is -0.418. The minimum Gasteiger partial charge on any atom is -0.479 e. The zero-order valence-corrected chi connectivity index (χ0v) is 10.8. The first-order valence-electron chi connectivity index (χ1n) is 5.41. The second kappa shape index (κ2) is 4.03. The Hall–Kier alpha value is -1.47. The van der Waals surface area contributed by atoms with Gasteiger partial charge in [-0.1, -0.05) is 11.6 Å². The van der Waals surface area contributed by atoms with Crippen LogP contribution in [0.3, 0.4) is 0 Å². The largest absolute Gasteiger partial charge is 0.479 e. The third-order valence-corrected chi connectivity index (χ3v) is 4.47. The van der Waals surface area contributed by atoms with Gasteiger partial charge in [-0.05, 0) is 41.8 Å². The molecular weight excluding hydrogens is 276 g/mol. The van der Waals surface area contributed by atoms with Gasteiger partial charge < -0.3 is 5.11 Å². The average Bonchev–Trinajstić information content (AvgIpc) is 2.84. The molecule has 1 fully saturated rings. The van der Waals surface area contributed by atoms with Gasteiger partial charge in [-0.25, -0.2) is 9.48 Å². The SMILES string of the molecule is O=C(O)C1(n2nnnc2-c2ccc(Cl)s2)CCC1. The Morgan fingerprint density at radius 1 is 1.50 bits per heavy atom. The minimum atomic E-state index is -0.991. The van der Waals surface area contributed by atoms with Gasteiger partial charge in [0.15, 0.2) is 11.4 Å². The van der Waals surface area contributed by atoms with Crippen molar-refractivity contribution in [3.05, 3.63) is 16.5 Å². The molecule has 0 amide bonds. The Bertz CT molecular complexity index is 605. The third kappa shape index (κ3) is 1.54. The van der Waals surface area contributed by atoms with Crippen LogP contribution in [0.5, 0.6) is 0 Å². The number of carboxylic acids is 1. The monoisotopic (exact) mass is 284 g/mol. The summed E-state index contributed by atoms with van der Waals surface area (Å²) in [4.78, 5) is 12.2. The lowest BCUT2D eigenvalue weighted by molar-refractivity contribution is -0.153. The smallest absolute Gasteiger partial charge is 0.331 e. The first-order chi connectivity index (χ1) is 8.63. The summed E-state index contributed by atoms with van der Waals surface area (Å²) in [6, 6.07) is 3.54. The summed E-state index contributed by atoms with van der Waals surface area (Å²) in [5.41, 5.74) is -0.991. The van der Waals surface area contributed by atoms with Gasteiger partial charge in [-0.15, -0.1) is 16.4 Å². The molecule has 0 spiro atoms. The van der Waals surface area contributed by atoms with Gasteiger partial charge in [0.25, 0.3) is 0 Å². The molecule has 0 bridgehead atoms. The molecule has 3 rings (SSSR count). The third-order valence-electron chi connectivity index (χ3n) is 3.25. The molecule has 0 aliphatic heterocycles. The fourth-order valence-corrected chi connectivity index (χ4v) is 3.10. The van der Waals surface area contributed by atoms with Gasteiger partial charge in [-0.2, -0.15) is 0 Å². The van der Waals surface area contributed by atoms with Crippen LogP contribution in [0.1, 0.15) is 19.3 Å². The molecule has 18 heavy (non-hydrogen) atoms. The molecule has 1 aliphatic rings. The van der Waals surface area contributed by atoms with E-state index < -0.39 is 11.5 Å². The van der Waals surface area contributed by atoms with Crippen molar-refractivity contribution in [1.82, 2.24) is 20.2 Å². The molecule has 1 saturated carbocycles. The number of aliphatic carboxylic acids is 1. The molecule has 2 heterocycles. The molecule has 1 aliphatic carbocycles. The minimum absolute atomic E-state index is 0.467. The van der Waals surface area contributed by atoms with E-state index in [1.54, 1.807) is 12.1 Å². The molecule has 2 aromatic heterocycles. The Kier molecular flexibility index (Phi) is 2.60. The highest BCUT2D eigenvalue weighted by molar-refractivity contribution is 7.19. The summed E-state index contributed by atoms with van der Waals surface area (Å²) >= 11 is 7.21. The van der Waals surface area contributed by atoms with Crippen molar-refractivity contribution in [2.45, 2.75) is 24.8 Å². The van der Waals surface area contributed by atoms with Crippen molar-refractivity contribution < 1.29 is 9.90 Å². The second-order valence-corrected chi connectivity index (χ2v) is 5.92. The first kappa shape index (κ1) is 11.6. The van der Waals surface area contributed by atoms with E-state index in [0.717, 1.165) is 11.3 Å². The molecule has 0 atom stereocenters. The molecule has 94 valence electrons. The maximum Gasteiger partial charge on any atom is 0.331 e. The molecule has 8 heteroatoms. The van der Waals surface area contributed by atoms with Gasteiger partial charge in [0.1, 0.15) is 0 Å². The number of tetrazole rings is 1. The lowest BCUT2D eigenvalue weighted by Crippen LogP contribution is -2.48. The average molecular weight is 285 g/mol. The van der Waals surface area contributed by atoms with Crippen LogP contribution in [0.2, 0.25) is 4.34 Å². The first-order valence-corrected chi connectivity index (χ1v) is 6.61. The predicted molar refractivity (Wildman–Crippen MR) is 65.6 cm³/mol. The van der Waals surface area contributed by atoms with E-state index in [0.29, 0.717) is 23.0 Å². The van der Waals surface area contributed by atoms with Gasteiger partial charge in [0.2, 0.25) is 0 Å². The normalized spacial score (nSPS) is 17.4. The molecule has 0 saturated heterocycles. The predicted octanol–water partition coefficient (Wildman–Crippen LogP) is 2.02. The maximum absolute atomic E-state index is 11.5. The van der Waals surface area contributed by atoms with Gasteiger partial charge in [0.05, 0.1) is 9.21 Å². The molecular formula is C10H9ClN4O2S. The van der Waals surface area contributed by atoms with Crippen molar-refractivity contribution in [3.8, 4) is 10.7 Å². The molecule has 6 nitrogen and oxygen atoms in total. The zero-order chi connectivity index (χ0) is 12.8. The van der Waals surface area contributed by atoms with E-state index in [1.807, 2.05) is 0 Å². The highest BCUT2D eigenvalue weighted by atomic mass is 35.5. The zero-order valence-electron chi connectivity index (χ0n) is 9.21. The Morgan fingerprint density at radius 2 is 2.28 bits per heavy atom. The van der Waals surface area contributed by atoms with E-state index in [4.69, 9.17) is 11.6 Å². The number of halogens is 1. The van der Waals surface area contributed by atoms with Crippen LogP contribution < -0.4 is 0 Å². The van der Waals surface area contributed by atoms with Crippen LogP contribution in [0, 0.1) is 0 Å². The summed E-state index contributed by atoms with van der Waals surface area (Å²) in [7, 11) is 0. The van der Waals surface area contributed by atoms with Crippen LogP contribution in [0.15, 0.2) is 12.1 Å². The van der Waals surface area contributed by atoms with Crippen LogP contribution in [-0.4, -0.2) is 31.3 Å². The van der Waals surface area contributed by atoms with Crippen LogP contribution in [0.4, 0.5) is 0 Å². The lowest BCUT2D eigenvalue weighted by atomic mass is 9.77. The number of carboxylic acid groups (broad SMARTS) is 1. The second-order valence-electron chi connectivity index (χ2n) is 4.21. The van der Waals surface area contributed by atoms with Crippen molar-refractivity contribution in [2.75, 3.05) is 0 Å². The van der Waals surface area contributed by atoms with Gasteiger partial charge in [0, 0.05) is 0 Å². The molecule has 1 N–H and O–H groups in total. The quantitative estimate of drug-likeness (QED) is 0.932. The van der Waals surface area contributed by atoms with Crippen molar-refractivity contribution in [3.63, 3.8) is 0 Å². The van der Waals surface area contributed by atoms with Crippen molar-refractivity contribution in [1.29, 1.82) is 0 Å². The van der Waals surface area contributed by atoms with Gasteiger partial charge >= 0.3 is 5.97 Å². The number of carbonyl (C=O) groups is 1. The van der Waals surface area contributed by atoms with Crippen LogP contribution >= 0.6 is 22.9 Å². The summed E-state index contributed by atoms with van der Waals surface area (Å²) in [5, 5.41) is 20.8. The van der Waals surface area contributed by atoms with Crippen molar-refractivity contribution >= 4 is 28.9 Å². The lowest BCUT2D eigenvalue weighted by Gasteiger charge is -2.37. The fourth-order valence-electron chi connectivity index (χ4n) is 2.09. The standard InChI is InChI=1S/C10H9ClN4O2S/c11-7-3-2-6(18-7)8-12-13-14-15(8)10(9(16)17)4-1-5-10/h2-3H,1,4-5H2,(H,16,17). The van der Waals surface area contributed by atoms with E-state index in [-0.39, 0.29) is 0 Å². The Balaban J connectivity index is 2.09. The molecule has 0 unspecified atom stereocenters. The molecule has 0 radical (unpaired) electrons. The van der Waals surface area contributed by atoms with E-state index >= 15 is 0 Å².